The molecule has 0 fully saturated rings. The van der Waals surface area contributed by atoms with E-state index in [1.165, 1.54) is 0 Å². The molecule has 0 saturated carbocycles. The molecule has 1 aromatic rings. The zero-order chi connectivity index (χ0) is 11.4. The number of methoxy groups -OCH3 is 1. The summed E-state index contributed by atoms with van der Waals surface area (Å²) in [6.07, 6.45) is 0. The molecule has 1 rings (SSSR count). The van der Waals surface area contributed by atoms with E-state index >= 15 is 0 Å². The third kappa shape index (κ3) is 2.79. The van der Waals surface area contributed by atoms with Crippen LogP contribution in [0.25, 0.3) is 0 Å². The van der Waals surface area contributed by atoms with Crippen molar-refractivity contribution in [3.8, 4) is 5.75 Å². The first kappa shape index (κ1) is 12.2. The van der Waals surface area contributed by atoms with Gasteiger partial charge in [-0.3, -0.25) is 4.79 Å². The normalized spacial score (nSPS) is 10.1. The van der Waals surface area contributed by atoms with E-state index < -0.39 is 0 Å². The van der Waals surface area contributed by atoms with E-state index in [0.717, 1.165) is 10.0 Å². The molecule has 0 aliphatic carbocycles. The zero-order valence-electron chi connectivity index (χ0n) is 9.06. The van der Waals surface area contributed by atoms with E-state index in [4.69, 9.17) is 4.74 Å². The van der Waals surface area contributed by atoms with Gasteiger partial charge in [-0.2, -0.15) is 0 Å². The molecular formula is C11H14BrNO2. The average molecular weight is 272 g/mol. The number of carbonyl (C=O) groups excluding carboxylic acids is 1. The molecule has 0 heterocycles. The molecule has 0 aromatic heterocycles. The molecule has 0 spiro atoms. The van der Waals surface area contributed by atoms with Crippen molar-refractivity contribution >= 4 is 21.7 Å². The van der Waals surface area contributed by atoms with Gasteiger partial charge in [0.15, 0.2) is 5.78 Å². The molecule has 0 aliphatic rings. The van der Waals surface area contributed by atoms with Crippen molar-refractivity contribution in [1.82, 2.24) is 5.32 Å². The molecule has 3 nitrogen and oxygen atoms in total. The van der Waals surface area contributed by atoms with Crippen LogP contribution in [-0.2, 0) is 0 Å². The second-order valence-electron chi connectivity index (χ2n) is 3.28. The lowest BCUT2D eigenvalue weighted by molar-refractivity contribution is 0.0992. The second kappa shape index (κ2) is 5.28. The first-order chi connectivity index (χ1) is 7.10. The summed E-state index contributed by atoms with van der Waals surface area (Å²) in [5, 5.41) is 2.84. The number of Topliss-reactive ketones (excluding diaryl/α,β-unsaturated/α-hetero) is 1. The number of benzene rings is 1. The highest BCUT2D eigenvalue weighted by Crippen LogP contribution is 2.30. The smallest absolute Gasteiger partial charge is 0.177 e. The minimum atomic E-state index is 0.0476. The summed E-state index contributed by atoms with van der Waals surface area (Å²) in [4.78, 5) is 11.7. The maximum Gasteiger partial charge on any atom is 0.177 e. The average Bonchev–Trinajstić information content (AvgIpc) is 2.21. The van der Waals surface area contributed by atoms with Gasteiger partial charge in [0.05, 0.1) is 18.1 Å². The number of hydrogen-bond donors (Lipinski definition) is 1. The van der Waals surface area contributed by atoms with Gasteiger partial charge in [0.1, 0.15) is 5.75 Å². The molecule has 1 aromatic carbocycles. The Kier molecular flexibility index (Phi) is 4.29. The largest absolute Gasteiger partial charge is 0.496 e. The third-order valence-corrected chi connectivity index (χ3v) is 2.86. The van der Waals surface area contributed by atoms with Gasteiger partial charge in [-0.15, -0.1) is 0 Å². The van der Waals surface area contributed by atoms with Crippen LogP contribution in [0, 0.1) is 6.92 Å². The Labute approximate surface area is 97.9 Å². The first-order valence-corrected chi connectivity index (χ1v) is 5.41. The fourth-order valence-electron chi connectivity index (χ4n) is 1.34. The van der Waals surface area contributed by atoms with E-state index in [2.05, 4.69) is 21.2 Å². The molecule has 0 saturated heterocycles. The maximum absolute atomic E-state index is 11.7. The Morgan fingerprint density at radius 1 is 1.53 bits per heavy atom. The molecule has 82 valence electrons. The summed E-state index contributed by atoms with van der Waals surface area (Å²) in [5.41, 5.74) is 1.66. The summed E-state index contributed by atoms with van der Waals surface area (Å²) in [6, 6.07) is 3.74. The van der Waals surface area contributed by atoms with Crippen LogP contribution in [0.3, 0.4) is 0 Å². The molecule has 0 unspecified atom stereocenters. The van der Waals surface area contributed by atoms with Crippen LogP contribution in [0.5, 0.6) is 5.75 Å². The molecule has 0 aliphatic heterocycles. The number of aryl methyl sites for hydroxylation is 1. The Bertz CT molecular complexity index is 377. The maximum atomic E-state index is 11.7. The highest BCUT2D eigenvalue weighted by molar-refractivity contribution is 9.10. The Morgan fingerprint density at radius 3 is 2.73 bits per heavy atom. The van der Waals surface area contributed by atoms with E-state index in [1.807, 2.05) is 19.1 Å². The highest BCUT2D eigenvalue weighted by atomic mass is 79.9. The van der Waals surface area contributed by atoms with Gasteiger partial charge in [0.2, 0.25) is 0 Å². The van der Waals surface area contributed by atoms with E-state index in [-0.39, 0.29) is 5.78 Å². The topological polar surface area (TPSA) is 38.3 Å². The predicted molar refractivity (Wildman–Crippen MR) is 63.7 cm³/mol. The SMILES string of the molecule is CNCC(=O)c1cc(C)cc(OC)c1Br. The quantitative estimate of drug-likeness (QED) is 0.854. The number of ether oxygens (including phenoxy) is 1. The van der Waals surface area contributed by atoms with Crippen LogP contribution in [0.15, 0.2) is 16.6 Å². The van der Waals surface area contributed by atoms with Gasteiger partial charge < -0.3 is 10.1 Å². The fraction of sp³-hybridized carbons (Fsp3) is 0.364. The van der Waals surface area contributed by atoms with Crippen molar-refractivity contribution < 1.29 is 9.53 Å². The monoisotopic (exact) mass is 271 g/mol. The number of nitrogens with one attached hydrogen (secondary N) is 1. The molecule has 0 atom stereocenters. The predicted octanol–water partition coefficient (Wildman–Crippen LogP) is 2.17. The summed E-state index contributed by atoms with van der Waals surface area (Å²) in [6.45, 7) is 2.26. The zero-order valence-corrected chi connectivity index (χ0v) is 10.6. The van der Waals surface area contributed by atoms with Crippen molar-refractivity contribution in [2.24, 2.45) is 0 Å². The number of hydrogen-bond acceptors (Lipinski definition) is 3. The molecular weight excluding hydrogens is 258 g/mol. The Hall–Kier alpha value is -0.870. The number of ketones is 1. The fourth-order valence-corrected chi connectivity index (χ4v) is 1.95. The van der Waals surface area contributed by atoms with Crippen LogP contribution in [0.2, 0.25) is 0 Å². The summed E-state index contributed by atoms with van der Waals surface area (Å²) in [7, 11) is 3.34. The molecule has 15 heavy (non-hydrogen) atoms. The lowest BCUT2D eigenvalue weighted by atomic mass is 10.1. The van der Waals surface area contributed by atoms with Crippen LogP contribution in [-0.4, -0.2) is 26.5 Å². The lowest BCUT2D eigenvalue weighted by Crippen LogP contribution is -2.19. The summed E-state index contributed by atoms with van der Waals surface area (Å²) >= 11 is 3.37. The van der Waals surface area contributed by atoms with Crippen molar-refractivity contribution in [3.05, 3.63) is 27.7 Å². The molecule has 4 heteroatoms. The Balaban J connectivity index is 3.17. The molecule has 0 radical (unpaired) electrons. The van der Waals surface area contributed by atoms with Crippen molar-refractivity contribution in [1.29, 1.82) is 0 Å². The number of likely N-dealkylation sites (N-methyl/N-ethyl adjacent to an activating group) is 1. The van der Waals surface area contributed by atoms with E-state index in [0.29, 0.717) is 17.9 Å². The van der Waals surface area contributed by atoms with Gasteiger partial charge in [0, 0.05) is 5.56 Å². The summed E-state index contributed by atoms with van der Waals surface area (Å²) in [5.74, 6) is 0.737. The molecule has 0 bridgehead atoms. The van der Waals surface area contributed by atoms with Crippen LogP contribution in [0.1, 0.15) is 15.9 Å². The van der Waals surface area contributed by atoms with E-state index in [9.17, 15) is 4.79 Å². The van der Waals surface area contributed by atoms with Crippen LogP contribution < -0.4 is 10.1 Å². The van der Waals surface area contributed by atoms with E-state index in [1.54, 1.807) is 14.2 Å². The van der Waals surface area contributed by atoms with Crippen molar-refractivity contribution in [2.75, 3.05) is 20.7 Å². The minimum absolute atomic E-state index is 0.0476. The number of halogens is 1. The Morgan fingerprint density at radius 2 is 2.20 bits per heavy atom. The van der Waals surface area contributed by atoms with Gasteiger partial charge in [-0.25, -0.2) is 0 Å². The van der Waals surface area contributed by atoms with Gasteiger partial charge in [0.25, 0.3) is 0 Å². The third-order valence-electron chi connectivity index (χ3n) is 2.04. The standard InChI is InChI=1S/C11H14BrNO2/c1-7-4-8(9(14)6-13-2)11(12)10(5-7)15-3/h4-5,13H,6H2,1-3H3. The number of carbonyl (C=O) groups is 1. The van der Waals surface area contributed by atoms with Gasteiger partial charge >= 0.3 is 0 Å². The summed E-state index contributed by atoms with van der Waals surface area (Å²) < 4.78 is 5.89. The van der Waals surface area contributed by atoms with Crippen LogP contribution in [0.4, 0.5) is 0 Å². The lowest BCUT2D eigenvalue weighted by Gasteiger charge is -2.09. The van der Waals surface area contributed by atoms with Crippen molar-refractivity contribution in [2.45, 2.75) is 6.92 Å². The van der Waals surface area contributed by atoms with Gasteiger partial charge in [-0.1, -0.05) is 0 Å². The first-order valence-electron chi connectivity index (χ1n) is 4.62. The molecule has 1 N–H and O–H groups in total. The molecule has 0 amide bonds. The minimum Gasteiger partial charge on any atom is -0.496 e. The van der Waals surface area contributed by atoms with Gasteiger partial charge in [-0.05, 0) is 47.6 Å². The highest BCUT2D eigenvalue weighted by Gasteiger charge is 2.13. The second-order valence-corrected chi connectivity index (χ2v) is 4.08. The van der Waals surface area contributed by atoms with Crippen molar-refractivity contribution in [3.63, 3.8) is 0 Å². The van der Waals surface area contributed by atoms with Crippen LogP contribution >= 0.6 is 15.9 Å². The number of rotatable bonds is 4.